The Hall–Kier alpha value is -2.41. The van der Waals surface area contributed by atoms with Crippen LogP contribution in [-0.4, -0.2) is 44.8 Å². The summed E-state index contributed by atoms with van der Waals surface area (Å²) in [7, 11) is 0. The number of aryl methyl sites for hydroxylation is 1. The average molecular weight is 328 g/mol. The molecule has 2 aromatic rings. The zero-order chi connectivity index (χ0) is 16.8. The van der Waals surface area contributed by atoms with E-state index in [9.17, 15) is 4.79 Å². The number of nitrogens with one attached hydrogen (secondary N) is 2. The largest absolute Gasteiger partial charge is 0.334 e. The molecule has 0 aliphatic carbocycles. The highest BCUT2D eigenvalue weighted by atomic mass is 16.2. The van der Waals surface area contributed by atoms with Crippen molar-refractivity contribution in [2.75, 3.05) is 13.1 Å². The summed E-state index contributed by atoms with van der Waals surface area (Å²) >= 11 is 0. The number of benzene rings is 1. The number of hydrogen-bond donors (Lipinski definition) is 2. The molecule has 0 radical (unpaired) electrons. The highest BCUT2D eigenvalue weighted by molar-refractivity contribution is 5.74. The average Bonchev–Trinajstić information content (AvgIpc) is 3.23. The summed E-state index contributed by atoms with van der Waals surface area (Å²) in [6.07, 6.45) is 2.65. The van der Waals surface area contributed by atoms with Gasteiger partial charge in [0, 0.05) is 32.2 Å². The minimum Gasteiger partial charge on any atom is -0.334 e. The Morgan fingerprint density at radius 2 is 2.17 bits per heavy atom. The Morgan fingerprint density at radius 3 is 2.96 bits per heavy atom. The van der Waals surface area contributed by atoms with Crippen LogP contribution in [0.15, 0.2) is 36.7 Å². The number of carbonyl (C=O) groups is 1. The minimum atomic E-state index is -0.146. The quantitative estimate of drug-likeness (QED) is 0.840. The van der Waals surface area contributed by atoms with Crippen molar-refractivity contribution < 1.29 is 4.79 Å². The molecule has 1 fully saturated rings. The maximum atomic E-state index is 12.1. The number of carbonyl (C=O) groups excluding carboxylic acids is 1. The molecule has 2 heterocycles. The van der Waals surface area contributed by atoms with Gasteiger partial charge in [-0.25, -0.2) is 4.79 Å². The fourth-order valence-electron chi connectivity index (χ4n) is 3.01. The monoisotopic (exact) mass is 328 g/mol. The molecular formula is C17H24N6O. The Balaban J connectivity index is 1.41. The van der Waals surface area contributed by atoms with Gasteiger partial charge in [-0.2, -0.15) is 0 Å². The lowest BCUT2D eigenvalue weighted by molar-refractivity contribution is 0.235. The zero-order valence-electron chi connectivity index (χ0n) is 14.0. The van der Waals surface area contributed by atoms with Gasteiger partial charge >= 0.3 is 6.03 Å². The smallest absolute Gasteiger partial charge is 0.315 e. The molecule has 0 saturated carbocycles. The van der Waals surface area contributed by atoms with Crippen LogP contribution in [0.1, 0.15) is 24.7 Å². The molecule has 128 valence electrons. The van der Waals surface area contributed by atoms with Gasteiger partial charge in [-0.15, -0.1) is 10.2 Å². The van der Waals surface area contributed by atoms with Crippen molar-refractivity contribution in [3.8, 4) is 0 Å². The van der Waals surface area contributed by atoms with E-state index in [1.807, 2.05) is 17.6 Å². The van der Waals surface area contributed by atoms with E-state index in [4.69, 9.17) is 0 Å². The van der Waals surface area contributed by atoms with Crippen LogP contribution in [0.5, 0.6) is 0 Å². The molecule has 2 amide bonds. The third kappa shape index (κ3) is 4.32. The van der Waals surface area contributed by atoms with Gasteiger partial charge in [-0.3, -0.25) is 4.90 Å². The second-order valence-corrected chi connectivity index (χ2v) is 6.07. The molecule has 1 aliphatic rings. The lowest BCUT2D eigenvalue weighted by atomic mass is 10.2. The number of hydrogen-bond acceptors (Lipinski definition) is 4. The van der Waals surface area contributed by atoms with E-state index in [1.165, 1.54) is 5.56 Å². The summed E-state index contributed by atoms with van der Waals surface area (Å²) in [5, 5.41) is 13.8. The van der Waals surface area contributed by atoms with Crippen LogP contribution in [0.2, 0.25) is 0 Å². The van der Waals surface area contributed by atoms with Crippen molar-refractivity contribution in [1.82, 2.24) is 30.3 Å². The first-order valence-electron chi connectivity index (χ1n) is 8.42. The first-order valence-corrected chi connectivity index (χ1v) is 8.42. The second kappa shape index (κ2) is 7.92. The van der Waals surface area contributed by atoms with Crippen LogP contribution in [0, 0.1) is 0 Å². The van der Waals surface area contributed by atoms with E-state index in [0.717, 1.165) is 38.4 Å². The molecule has 7 nitrogen and oxygen atoms in total. The lowest BCUT2D eigenvalue weighted by Gasteiger charge is -2.17. The van der Waals surface area contributed by atoms with Crippen molar-refractivity contribution in [3.05, 3.63) is 48.0 Å². The number of nitrogens with zero attached hydrogens (tertiary/aromatic N) is 4. The molecule has 1 saturated heterocycles. The molecule has 1 unspecified atom stereocenters. The van der Waals surface area contributed by atoms with E-state index in [2.05, 4.69) is 50.0 Å². The number of urea groups is 1. The van der Waals surface area contributed by atoms with E-state index >= 15 is 0 Å². The normalized spacial score (nSPS) is 17.8. The first-order chi connectivity index (χ1) is 11.7. The minimum absolute atomic E-state index is 0.146. The predicted molar refractivity (Wildman–Crippen MR) is 91.2 cm³/mol. The molecule has 1 atom stereocenters. The van der Waals surface area contributed by atoms with Gasteiger partial charge in [0.1, 0.15) is 6.33 Å². The molecule has 2 N–H and O–H groups in total. The molecule has 7 heteroatoms. The summed E-state index contributed by atoms with van der Waals surface area (Å²) in [6.45, 7) is 6.02. The zero-order valence-corrected chi connectivity index (χ0v) is 14.0. The fourth-order valence-corrected chi connectivity index (χ4v) is 3.01. The number of likely N-dealkylation sites (tertiary alicyclic amines) is 1. The van der Waals surface area contributed by atoms with Gasteiger partial charge < -0.3 is 15.2 Å². The van der Waals surface area contributed by atoms with Crippen LogP contribution in [0.4, 0.5) is 4.79 Å². The number of rotatable bonds is 6. The van der Waals surface area contributed by atoms with Gasteiger partial charge in [0.05, 0.1) is 6.54 Å². The highest BCUT2D eigenvalue weighted by Gasteiger charge is 2.23. The molecule has 3 rings (SSSR count). The van der Waals surface area contributed by atoms with Crippen LogP contribution < -0.4 is 10.6 Å². The SMILES string of the molecule is CCn1cnnc1CNC(=O)NC1CCN(Cc2ccccc2)C1. The summed E-state index contributed by atoms with van der Waals surface area (Å²) in [4.78, 5) is 14.4. The van der Waals surface area contributed by atoms with Gasteiger partial charge in [-0.1, -0.05) is 30.3 Å². The lowest BCUT2D eigenvalue weighted by Crippen LogP contribution is -2.43. The molecule has 24 heavy (non-hydrogen) atoms. The van der Waals surface area contributed by atoms with Crippen molar-refractivity contribution in [2.24, 2.45) is 0 Å². The van der Waals surface area contributed by atoms with Crippen molar-refractivity contribution in [1.29, 1.82) is 0 Å². The maximum Gasteiger partial charge on any atom is 0.315 e. The third-order valence-corrected chi connectivity index (χ3v) is 4.30. The van der Waals surface area contributed by atoms with E-state index < -0.39 is 0 Å². The van der Waals surface area contributed by atoms with Crippen LogP contribution in [0.3, 0.4) is 0 Å². The first kappa shape index (κ1) is 16.4. The second-order valence-electron chi connectivity index (χ2n) is 6.07. The predicted octanol–water partition coefficient (Wildman–Crippen LogP) is 1.37. The third-order valence-electron chi connectivity index (χ3n) is 4.30. The summed E-state index contributed by atoms with van der Waals surface area (Å²) in [5.74, 6) is 0.768. The molecule has 1 aromatic carbocycles. The van der Waals surface area contributed by atoms with Crippen molar-refractivity contribution in [3.63, 3.8) is 0 Å². The molecule has 1 aliphatic heterocycles. The number of aromatic nitrogens is 3. The molecule has 0 bridgehead atoms. The molecule has 0 spiro atoms. The van der Waals surface area contributed by atoms with E-state index in [0.29, 0.717) is 6.54 Å². The van der Waals surface area contributed by atoms with Gasteiger partial charge in [-0.05, 0) is 18.9 Å². The van der Waals surface area contributed by atoms with Crippen molar-refractivity contribution in [2.45, 2.75) is 39.0 Å². The standard InChI is InChI=1S/C17H24N6O/c1-2-23-13-19-21-16(23)10-18-17(24)20-15-8-9-22(12-15)11-14-6-4-3-5-7-14/h3-7,13,15H,2,8-12H2,1H3,(H2,18,20,24). The van der Waals surface area contributed by atoms with E-state index in [1.54, 1.807) is 6.33 Å². The van der Waals surface area contributed by atoms with Gasteiger partial charge in [0.25, 0.3) is 0 Å². The van der Waals surface area contributed by atoms with Gasteiger partial charge in [0.2, 0.25) is 0 Å². The molecular weight excluding hydrogens is 304 g/mol. The van der Waals surface area contributed by atoms with Gasteiger partial charge in [0.15, 0.2) is 5.82 Å². The summed E-state index contributed by atoms with van der Waals surface area (Å²) in [5.41, 5.74) is 1.31. The highest BCUT2D eigenvalue weighted by Crippen LogP contribution is 2.13. The Labute approximate surface area is 142 Å². The Morgan fingerprint density at radius 1 is 1.33 bits per heavy atom. The van der Waals surface area contributed by atoms with Crippen LogP contribution in [-0.2, 0) is 19.6 Å². The fraction of sp³-hybridized carbons (Fsp3) is 0.471. The van der Waals surface area contributed by atoms with Crippen LogP contribution >= 0.6 is 0 Å². The summed E-state index contributed by atoms with van der Waals surface area (Å²) in [6, 6.07) is 10.5. The number of amides is 2. The summed E-state index contributed by atoms with van der Waals surface area (Å²) < 4.78 is 1.91. The van der Waals surface area contributed by atoms with E-state index in [-0.39, 0.29) is 12.1 Å². The molecule has 1 aromatic heterocycles. The van der Waals surface area contributed by atoms with Crippen LogP contribution in [0.25, 0.3) is 0 Å². The Bertz CT molecular complexity index is 656. The maximum absolute atomic E-state index is 12.1. The topological polar surface area (TPSA) is 75.1 Å². The Kier molecular flexibility index (Phi) is 5.43. The van der Waals surface area contributed by atoms with Crippen molar-refractivity contribution >= 4 is 6.03 Å².